The molecule has 0 spiro atoms. The highest BCUT2D eigenvalue weighted by Crippen LogP contribution is 2.25. The number of nitro groups is 1. The van der Waals surface area contributed by atoms with Crippen LogP contribution in [-0.4, -0.2) is 54.6 Å². The first-order chi connectivity index (χ1) is 13.7. The fourth-order valence-electron chi connectivity index (χ4n) is 3.19. The van der Waals surface area contributed by atoms with E-state index in [1.807, 2.05) is 0 Å². The van der Waals surface area contributed by atoms with E-state index in [1.54, 1.807) is 24.0 Å². The minimum atomic E-state index is -3.91. The van der Waals surface area contributed by atoms with E-state index in [0.717, 1.165) is 6.07 Å². The van der Waals surface area contributed by atoms with Crippen molar-refractivity contribution in [1.29, 1.82) is 0 Å². The third kappa shape index (κ3) is 4.60. The number of carbonyl (C=O) groups is 1. The first-order valence-electron chi connectivity index (χ1n) is 8.96. The second kappa shape index (κ2) is 8.26. The molecule has 1 amide bonds. The van der Waals surface area contributed by atoms with Crippen molar-refractivity contribution in [3.05, 3.63) is 69.5 Å². The van der Waals surface area contributed by atoms with Gasteiger partial charge in [0.1, 0.15) is 5.82 Å². The van der Waals surface area contributed by atoms with E-state index in [2.05, 4.69) is 0 Å². The number of aryl methyl sites for hydroxylation is 1. The van der Waals surface area contributed by atoms with Gasteiger partial charge in [-0.2, -0.15) is 4.31 Å². The van der Waals surface area contributed by atoms with Gasteiger partial charge in [-0.3, -0.25) is 14.9 Å². The predicted molar refractivity (Wildman–Crippen MR) is 103 cm³/mol. The lowest BCUT2D eigenvalue weighted by Gasteiger charge is -2.34. The van der Waals surface area contributed by atoms with Crippen LogP contribution in [0.15, 0.2) is 47.4 Å². The standard InChI is InChI=1S/C19H20FN3O5S/c1-14-2-7-17(23(25)26)13-18(14)29(27,28)22-10-8-21(9-11-22)19(24)12-15-3-5-16(20)6-4-15/h2-7,13H,8-12H2,1H3. The van der Waals surface area contributed by atoms with Crippen molar-refractivity contribution in [2.24, 2.45) is 0 Å². The number of nitrogens with zero attached hydrogens (tertiary/aromatic N) is 3. The fraction of sp³-hybridized carbons (Fsp3) is 0.316. The van der Waals surface area contributed by atoms with Crippen LogP contribution in [0.25, 0.3) is 0 Å². The normalized spacial score (nSPS) is 15.3. The number of nitro benzene ring substituents is 1. The lowest BCUT2D eigenvalue weighted by atomic mass is 10.1. The van der Waals surface area contributed by atoms with Crippen LogP contribution in [0.1, 0.15) is 11.1 Å². The highest BCUT2D eigenvalue weighted by molar-refractivity contribution is 7.89. The van der Waals surface area contributed by atoms with Gasteiger partial charge in [-0.1, -0.05) is 18.2 Å². The molecule has 0 bridgehead atoms. The van der Waals surface area contributed by atoms with Crippen molar-refractivity contribution in [2.45, 2.75) is 18.2 Å². The Bertz CT molecular complexity index is 1030. The first kappa shape index (κ1) is 20.9. The van der Waals surface area contributed by atoms with Crippen LogP contribution >= 0.6 is 0 Å². The number of hydrogen-bond acceptors (Lipinski definition) is 5. The summed E-state index contributed by atoms with van der Waals surface area (Å²) in [6.45, 7) is 2.21. The van der Waals surface area contributed by atoms with Crippen LogP contribution < -0.4 is 0 Å². The molecule has 2 aromatic rings. The number of amides is 1. The van der Waals surface area contributed by atoms with Crippen molar-refractivity contribution in [2.75, 3.05) is 26.2 Å². The topological polar surface area (TPSA) is 101 Å². The maximum absolute atomic E-state index is 13.0. The van der Waals surface area contributed by atoms with Crippen LogP contribution in [0.5, 0.6) is 0 Å². The summed E-state index contributed by atoms with van der Waals surface area (Å²) in [4.78, 5) is 24.3. The zero-order chi connectivity index (χ0) is 21.2. The molecule has 3 rings (SSSR count). The number of benzene rings is 2. The average Bonchev–Trinajstić information content (AvgIpc) is 2.69. The predicted octanol–water partition coefficient (Wildman–Crippen LogP) is 2.12. The summed E-state index contributed by atoms with van der Waals surface area (Å²) in [7, 11) is -3.91. The smallest absolute Gasteiger partial charge is 0.270 e. The molecule has 1 saturated heterocycles. The highest BCUT2D eigenvalue weighted by Gasteiger charge is 2.32. The minimum Gasteiger partial charge on any atom is -0.340 e. The van der Waals surface area contributed by atoms with E-state index in [0.29, 0.717) is 11.1 Å². The minimum absolute atomic E-state index is 0.0968. The molecule has 0 radical (unpaired) electrons. The number of hydrogen-bond donors (Lipinski definition) is 0. The first-order valence-corrected chi connectivity index (χ1v) is 10.4. The third-order valence-corrected chi connectivity index (χ3v) is 6.90. The summed E-state index contributed by atoms with van der Waals surface area (Å²) in [5, 5.41) is 11.0. The van der Waals surface area contributed by atoms with E-state index < -0.39 is 14.9 Å². The van der Waals surface area contributed by atoms with Gasteiger partial charge in [0.25, 0.3) is 5.69 Å². The Morgan fingerprint density at radius 3 is 2.31 bits per heavy atom. The molecule has 8 nitrogen and oxygen atoms in total. The van der Waals surface area contributed by atoms with Crippen molar-refractivity contribution in [1.82, 2.24) is 9.21 Å². The molecule has 0 saturated carbocycles. The van der Waals surface area contributed by atoms with Gasteiger partial charge in [0.2, 0.25) is 15.9 Å². The summed E-state index contributed by atoms with van der Waals surface area (Å²) < 4.78 is 40.1. The molecule has 10 heteroatoms. The number of sulfonamides is 1. The van der Waals surface area contributed by atoms with Crippen LogP contribution in [0.2, 0.25) is 0 Å². The molecule has 2 aromatic carbocycles. The Labute approximate surface area is 167 Å². The second-order valence-electron chi connectivity index (χ2n) is 6.80. The van der Waals surface area contributed by atoms with E-state index in [-0.39, 0.29) is 54.9 Å². The quantitative estimate of drug-likeness (QED) is 0.544. The monoisotopic (exact) mass is 421 g/mol. The van der Waals surface area contributed by atoms with Crippen LogP contribution in [0.4, 0.5) is 10.1 Å². The Morgan fingerprint density at radius 1 is 1.10 bits per heavy atom. The molecule has 0 atom stereocenters. The van der Waals surface area contributed by atoms with Crippen molar-refractivity contribution in [3.63, 3.8) is 0 Å². The molecule has 0 aliphatic carbocycles. The summed E-state index contributed by atoms with van der Waals surface area (Å²) in [6, 6.07) is 9.39. The van der Waals surface area contributed by atoms with Crippen LogP contribution in [-0.2, 0) is 21.2 Å². The number of piperazine rings is 1. The Kier molecular flexibility index (Phi) is 5.94. The summed E-state index contributed by atoms with van der Waals surface area (Å²) in [5.74, 6) is -0.545. The average molecular weight is 421 g/mol. The zero-order valence-electron chi connectivity index (χ0n) is 15.7. The van der Waals surface area contributed by atoms with Crippen molar-refractivity contribution < 1.29 is 22.5 Å². The summed E-state index contributed by atoms with van der Waals surface area (Å²) >= 11 is 0. The van der Waals surface area contributed by atoms with Gasteiger partial charge in [0.05, 0.1) is 16.2 Å². The summed E-state index contributed by atoms with van der Waals surface area (Å²) in [6.07, 6.45) is 0.108. The molecule has 0 N–H and O–H groups in total. The fourth-order valence-corrected chi connectivity index (χ4v) is 4.85. The van der Waals surface area contributed by atoms with E-state index in [9.17, 15) is 27.7 Å². The molecule has 0 unspecified atom stereocenters. The zero-order valence-corrected chi connectivity index (χ0v) is 16.6. The lowest BCUT2D eigenvalue weighted by molar-refractivity contribution is -0.385. The molecule has 1 aliphatic rings. The molecule has 1 aliphatic heterocycles. The number of non-ortho nitro benzene ring substituents is 1. The lowest BCUT2D eigenvalue weighted by Crippen LogP contribution is -2.50. The van der Waals surface area contributed by atoms with Crippen LogP contribution in [0, 0.1) is 22.9 Å². The number of rotatable bonds is 5. The molecule has 154 valence electrons. The Balaban J connectivity index is 1.68. The number of carbonyl (C=O) groups excluding carboxylic acids is 1. The van der Waals surface area contributed by atoms with Gasteiger partial charge in [0.15, 0.2) is 0 Å². The van der Waals surface area contributed by atoms with E-state index >= 15 is 0 Å². The van der Waals surface area contributed by atoms with Gasteiger partial charge < -0.3 is 4.90 Å². The van der Waals surface area contributed by atoms with Gasteiger partial charge >= 0.3 is 0 Å². The molecule has 1 fully saturated rings. The largest absolute Gasteiger partial charge is 0.340 e. The Hall–Kier alpha value is -2.85. The maximum Gasteiger partial charge on any atom is 0.270 e. The second-order valence-corrected chi connectivity index (χ2v) is 8.70. The summed E-state index contributed by atoms with van der Waals surface area (Å²) in [5.41, 5.74) is 0.811. The van der Waals surface area contributed by atoms with Gasteiger partial charge in [-0.05, 0) is 30.2 Å². The molecular formula is C19H20FN3O5S. The molecular weight excluding hydrogens is 401 g/mol. The third-order valence-electron chi connectivity index (χ3n) is 4.86. The van der Waals surface area contributed by atoms with Crippen molar-refractivity contribution >= 4 is 21.6 Å². The highest BCUT2D eigenvalue weighted by atomic mass is 32.2. The van der Waals surface area contributed by atoms with E-state index in [1.165, 1.54) is 28.6 Å². The van der Waals surface area contributed by atoms with Gasteiger partial charge in [-0.15, -0.1) is 0 Å². The SMILES string of the molecule is Cc1ccc([N+](=O)[O-])cc1S(=O)(=O)N1CCN(C(=O)Cc2ccc(F)cc2)CC1. The van der Waals surface area contributed by atoms with E-state index in [4.69, 9.17) is 0 Å². The number of halogens is 1. The van der Waals surface area contributed by atoms with Crippen molar-refractivity contribution in [3.8, 4) is 0 Å². The Morgan fingerprint density at radius 2 is 1.72 bits per heavy atom. The molecule has 1 heterocycles. The van der Waals surface area contributed by atoms with Gasteiger partial charge in [-0.25, -0.2) is 12.8 Å². The molecule has 0 aromatic heterocycles. The van der Waals surface area contributed by atoms with Gasteiger partial charge in [0, 0.05) is 38.3 Å². The maximum atomic E-state index is 13.0. The molecule has 29 heavy (non-hydrogen) atoms. The van der Waals surface area contributed by atoms with Crippen LogP contribution in [0.3, 0.4) is 0 Å².